The number of amides is 2. The van der Waals surface area contributed by atoms with Crippen molar-refractivity contribution in [1.82, 2.24) is 0 Å². The first kappa shape index (κ1) is 15.1. The maximum absolute atomic E-state index is 11.9. The Bertz CT molecular complexity index is 748. The highest BCUT2D eigenvalue weighted by Gasteiger charge is 2.22. The Labute approximate surface area is 134 Å². The molecule has 0 spiro atoms. The minimum atomic E-state index is -0.212. The SMILES string of the molecule is Cc1cc(NC(=O)/C=C/c2ccoc2)ccc1N1CCCC1=O. The van der Waals surface area contributed by atoms with Crippen molar-refractivity contribution < 1.29 is 14.0 Å². The molecule has 118 valence electrons. The van der Waals surface area contributed by atoms with Crippen LogP contribution in [0.1, 0.15) is 24.0 Å². The van der Waals surface area contributed by atoms with E-state index in [0.717, 1.165) is 29.8 Å². The molecule has 5 heteroatoms. The van der Waals surface area contributed by atoms with Crippen LogP contribution in [0.3, 0.4) is 0 Å². The summed E-state index contributed by atoms with van der Waals surface area (Å²) in [5.74, 6) is -0.0523. The molecule has 2 aromatic rings. The highest BCUT2D eigenvalue weighted by molar-refractivity contribution is 6.02. The lowest BCUT2D eigenvalue weighted by Gasteiger charge is -2.19. The summed E-state index contributed by atoms with van der Waals surface area (Å²) < 4.78 is 4.94. The van der Waals surface area contributed by atoms with Crippen molar-refractivity contribution in [1.29, 1.82) is 0 Å². The minimum absolute atomic E-state index is 0.160. The second-order valence-corrected chi connectivity index (χ2v) is 5.53. The molecule has 1 fully saturated rings. The van der Waals surface area contributed by atoms with E-state index in [1.807, 2.05) is 25.1 Å². The van der Waals surface area contributed by atoms with Crippen LogP contribution in [0.15, 0.2) is 47.3 Å². The summed E-state index contributed by atoms with van der Waals surface area (Å²) >= 11 is 0. The van der Waals surface area contributed by atoms with Crippen molar-refractivity contribution in [2.75, 3.05) is 16.8 Å². The van der Waals surface area contributed by atoms with Gasteiger partial charge in [-0.1, -0.05) is 0 Å². The predicted molar refractivity (Wildman–Crippen MR) is 89.1 cm³/mol. The standard InChI is InChI=1S/C18H18N2O3/c1-13-11-15(5-6-16(13)20-9-2-3-18(20)22)19-17(21)7-4-14-8-10-23-12-14/h4-8,10-12H,2-3,9H2,1H3,(H,19,21)/b7-4+. The topological polar surface area (TPSA) is 62.6 Å². The van der Waals surface area contributed by atoms with Crippen LogP contribution >= 0.6 is 0 Å². The first-order valence-electron chi connectivity index (χ1n) is 7.56. The van der Waals surface area contributed by atoms with Crippen LogP contribution in [0.2, 0.25) is 0 Å². The van der Waals surface area contributed by atoms with Crippen LogP contribution in [0, 0.1) is 6.92 Å². The minimum Gasteiger partial charge on any atom is -0.472 e. The Kier molecular flexibility index (Phi) is 4.28. The van der Waals surface area contributed by atoms with Crippen LogP contribution in [-0.4, -0.2) is 18.4 Å². The van der Waals surface area contributed by atoms with Gasteiger partial charge in [0.05, 0.1) is 12.5 Å². The Morgan fingerprint density at radius 1 is 1.35 bits per heavy atom. The first-order chi connectivity index (χ1) is 11.1. The van der Waals surface area contributed by atoms with E-state index in [9.17, 15) is 9.59 Å². The van der Waals surface area contributed by atoms with Gasteiger partial charge in [0.1, 0.15) is 0 Å². The number of benzene rings is 1. The molecular formula is C18H18N2O3. The third-order valence-electron chi connectivity index (χ3n) is 3.80. The molecular weight excluding hydrogens is 292 g/mol. The van der Waals surface area contributed by atoms with E-state index in [1.165, 1.54) is 6.08 Å². The van der Waals surface area contributed by atoms with Crippen molar-refractivity contribution in [2.24, 2.45) is 0 Å². The van der Waals surface area contributed by atoms with Crippen molar-refractivity contribution >= 4 is 29.3 Å². The average Bonchev–Trinajstić information content (AvgIpc) is 3.17. The van der Waals surface area contributed by atoms with Gasteiger partial charge in [0.2, 0.25) is 11.8 Å². The molecule has 2 amide bonds. The lowest BCUT2D eigenvalue weighted by Crippen LogP contribution is -2.24. The quantitative estimate of drug-likeness (QED) is 0.881. The van der Waals surface area contributed by atoms with E-state index in [0.29, 0.717) is 12.1 Å². The summed E-state index contributed by atoms with van der Waals surface area (Å²) in [4.78, 5) is 25.6. The second-order valence-electron chi connectivity index (χ2n) is 5.53. The summed E-state index contributed by atoms with van der Waals surface area (Å²) in [5.41, 5.74) is 3.43. The highest BCUT2D eigenvalue weighted by atomic mass is 16.3. The zero-order valence-corrected chi connectivity index (χ0v) is 12.9. The number of furan rings is 1. The molecule has 0 atom stereocenters. The fraction of sp³-hybridized carbons (Fsp3) is 0.222. The Morgan fingerprint density at radius 3 is 2.87 bits per heavy atom. The molecule has 1 aliphatic rings. The van der Waals surface area contributed by atoms with Gasteiger partial charge in [-0.15, -0.1) is 0 Å². The normalized spacial score (nSPS) is 14.7. The smallest absolute Gasteiger partial charge is 0.248 e. The van der Waals surface area contributed by atoms with Gasteiger partial charge < -0.3 is 14.6 Å². The van der Waals surface area contributed by atoms with Gasteiger partial charge in [0, 0.05) is 36.0 Å². The van der Waals surface area contributed by atoms with Gasteiger partial charge in [0.15, 0.2) is 0 Å². The summed E-state index contributed by atoms with van der Waals surface area (Å²) in [6, 6.07) is 7.35. The molecule has 1 aromatic carbocycles. The molecule has 0 radical (unpaired) electrons. The van der Waals surface area contributed by atoms with E-state index >= 15 is 0 Å². The molecule has 1 saturated heterocycles. The first-order valence-corrected chi connectivity index (χ1v) is 7.56. The number of hydrogen-bond acceptors (Lipinski definition) is 3. The van der Waals surface area contributed by atoms with Crippen LogP contribution < -0.4 is 10.2 Å². The molecule has 0 bridgehead atoms. The number of carbonyl (C=O) groups is 2. The van der Waals surface area contributed by atoms with Crippen LogP contribution in [0.4, 0.5) is 11.4 Å². The summed E-state index contributed by atoms with van der Waals surface area (Å²) in [5, 5.41) is 2.81. The summed E-state index contributed by atoms with van der Waals surface area (Å²) in [6.07, 6.45) is 7.77. The number of anilines is 2. The van der Waals surface area contributed by atoms with E-state index in [1.54, 1.807) is 29.6 Å². The van der Waals surface area contributed by atoms with Crippen molar-refractivity contribution in [3.63, 3.8) is 0 Å². The third kappa shape index (κ3) is 3.51. The largest absolute Gasteiger partial charge is 0.472 e. The van der Waals surface area contributed by atoms with E-state index < -0.39 is 0 Å². The Hall–Kier alpha value is -2.82. The van der Waals surface area contributed by atoms with E-state index in [2.05, 4.69) is 5.32 Å². The van der Waals surface area contributed by atoms with E-state index in [4.69, 9.17) is 4.42 Å². The molecule has 1 aromatic heterocycles. The highest BCUT2D eigenvalue weighted by Crippen LogP contribution is 2.27. The van der Waals surface area contributed by atoms with Crippen LogP contribution in [0.5, 0.6) is 0 Å². The molecule has 23 heavy (non-hydrogen) atoms. The average molecular weight is 310 g/mol. The Balaban J connectivity index is 1.68. The number of nitrogens with zero attached hydrogens (tertiary/aromatic N) is 1. The predicted octanol–water partition coefficient (Wildman–Crippen LogP) is 3.37. The van der Waals surface area contributed by atoms with Crippen LogP contribution in [-0.2, 0) is 9.59 Å². The van der Waals surface area contributed by atoms with Gasteiger partial charge in [-0.3, -0.25) is 9.59 Å². The van der Waals surface area contributed by atoms with E-state index in [-0.39, 0.29) is 11.8 Å². The fourth-order valence-electron chi connectivity index (χ4n) is 2.66. The number of rotatable bonds is 4. The van der Waals surface area contributed by atoms with Gasteiger partial charge in [-0.25, -0.2) is 0 Å². The number of aryl methyl sites for hydroxylation is 1. The van der Waals surface area contributed by atoms with Gasteiger partial charge in [0.25, 0.3) is 0 Å². The molecule has 1 aliphatic heterocycles. The zero-order chi connectivity index (χ0) is 16.2. The lowest BCUT2D eigenvalue weighted by atomic mass is 10.1. The monoisotopic (exact) mass is 310 g/mol. The summed E-state index contributed by atoms with van der Waals surface area (Å²) in [6.45, 7) is 2.71. The number of nitrogens with one attached hydrogen (secondary N) is 1. The van der Waals surface area contributed by atoms with Crippen molar-refractivity contribution in [3.8, 4) is 0 Å². The van der Waals surface area contributed by atoms with Crippen molar-refractivity contribution in [3.05, 3.63) is 54.0 Å². The lowest BCUT2D eigenvalue weighted by molar-refractivity contribution is -0.117. The van der Waals surface area contributed by atoms with Gasteiger partial charge >= 0.3 is 0 Å². The molecule has 2 heterocycles. The molecule has 0 aliphatic carbocycles. The zero-order valence-electron chi connectivity index (χ0n) is 12.9. The Morgan fingerprint density at radius 2 is 2.22 bits per heavy atom. The summed E-state index contributed by atoms with van der Waals surface area (Å²) in [7, 11) is 0. The molecule has 3 rings (SSSR count). The molecule has 1 N–H and O–H groups in total. The molecule has 5 nitrogen and oxygen atoms in total. The maximum Gasteiger partial charge on any atom is 0.248 e. The fourth-order valence-corrected chi connectivity index (χ4v) is 2.66. The van der Waals surface area contributed by atoms with Gasteiger partial charge in [-0.2, -0.15) is 0 Å². The third-order valence-corrected chi connectivity index (χ3v) is 3.80. The molecule has 0 saturated carbocycles. The van der Waals surface area contributed by atoms with Crippen molar-refractivity contribution in [2.45, 2.75) is 19.8 Å². The van der Waals surface area contributed by atoms with Crippen LogP contribution in [0.25, 0.3) is 6.08 Å². The molecule has 0 unspecified atom stereocenters. The van der Waals surface area contributed by atoms with Gasteiger partial charge in [-0.05, 0) is 49.2 Å². The number of carbonyl (C=O) groups excluding carboxylic acids is 2. The number of hydrogen-bond donors (Lipinski definition) is 1. The maximum atomic E-state index is 11.9. The second kappa shape index (κ2) is 6.52.